The summed E-state index contributed by atoms with van der Waals surface area (Å²) >= 11 is 0. The molecule has 120 valence electrons. The lowest BCUT2D eigenvalue weighted by Crippen LogP contribution is -2.09. The van der Waals surface area contributed by atoms with Crippen molar-refractivity contribution in [2.75, 3.05) is 0 Å². The van der Waals surface area contributed by atoms with E-state index >= 15 is 0 Å². The van der Waals surface area contributed by atoms with Crippen molar-refractivity contribution in [2.45, 2.75) is 53.4 Å². The van der Waals surface area contributed by atoms with E-state index in [1.807, 2.05) is 6.92 Å². The van der Waals surface area contributed by atoms with Crippen molar-refractivity contribution in [2.24, 2.45) is 5.92 Å². The van der Waals surface area contributed by atoms with Gasteiger partial charge in [0.2, 0.25) is 0 Å². The van der Waals surface area contributed by atoms with Gasteiger partial charge in [0.25, 0.3) is 0 Å². The topological polar surface area (TPSA) is 12.0 Å². The molecule has 0 aliphatic heterocycles. The maximum absolute atomic E-state index is 4.12. The summed E-state index contributed by atoms with van der Waals surface area (Å²) < 4.78 is 0. The van der Waals surface area contributed by atoms with Crippen LogP contribution in [0.5, 0.6) is 0 Å². The fourth-order valence-corrected chi connectivity index (χ4v) is 2.86. The van der Waals surface area contributed by atoms with Crippen molar-refractivity contribution in [3.8, 4) is 0 Å². The van der Waals surface area contributed by atoms with Gasteiger partial charge in [-0.05, 0) is 54.9 Å². The number of hydrogen-bond acceptors (Lipinski definition) is 1. The Morgan fingerprint density at radius 1 is 1.18 bits per heavy atom. The molecule has 1 nitrogen and oxygen atoms in total. The second-order valence-electron chi connectivity index (χ2n) is 5.99. The normalized spacial score (nSPS) is 11.6. The highest BCUT2D eigenvalue weighted by Gasteiger charge is 2.13. The quantitative estimate of drug-likeness (QED) is 0.543. The molecular weight excluding hydrogens is 266 g/mol. The van der Waals surface area contributed by atoms with Gasteiger partial charge in [0.05, 0.1) is 0 Å². The van der Waals surface area contributed by atoms with Crippen LogP contribution < -0.4 is 5.32 Å². The summed E-state index contributed by atoms with van der Waals surface area (Å²) in [5, 5.41) is 3.22. The van der Waals surface area contributed by atoms with Crippen molar-refractivity contribution in [1.82, 2.24) is 5.32 Å². The third kappa shape index (κ3) is 5.55. The highest BCUT2D eigenvalue weighted by Crippen LogP contribution is 2.30. The fraction of sp³-hybridized carbons (Fsp3) is 0.429. The first-order valence-electron chi connectivity index (χ1n) is 8.44. The van der Waals surface area contributed by atoms with Crippen molar-refractivity contribution < 1.29 is 0 Å². The van der Waals surface area contributed by atoms with Gasteiger partial charge in [0.15, 0.2) is 0 Å². The van der Waals surface area contributed by atoms with E-state index in [1.54, 1.807) is 0 Å². The molecule has 0 atom stereocenters. The van der Waals surface area contributed by atoms with Crippen LogP contribution in [0, 0.1) is 5.92 Å². The number of aryl methyl sites for hydroxylation is 1. The van der Waals surface area contributed by atoms with Gasteiger partial charge in [0.1, 0.15) is 0 Å². The molecule has 0 aliphatic rings. The van der Waals surface area contributed by atoms with E-state index in [-0.39, 0.29) is 0 Å². The van der Waals surface area contributed by atoms with Crippen LogP contribution >= 0.6 is 0 Å². The Hall–Kier alpha value is -1.76. The van der Waals surface area contributed by atoms with Crippen LogP contribution in [0.25, 0.3) is 5.57 Å². The number of allylic oxidation sites excluding steroid dienone is 3. The molecule has 0 bridgehead atoms. The average Bonchev–Trinajstić information content (AvgIpc) is 2.47. The van der Waals surface area contributed by atoms with E-state index in [2.05, 4.69) is 69.6 Å². The van der Waals surface area contributed by atoms with Gasteiger partial charge in [-0.1, -0.05) is 64.6 Å². The maximum Gasteiger partial charge on any atom is 0.0311 e. The van der Waals surface area contributed by atoms with E-state index in [9.17, 15) is 0 Å². The third-order valence-corrected chi connectivity index (χ3v) is 3.93. The van der Waals surface area contributed by atoms with Crippen molar-refractivity contribution >= 4 is 5.57 Å². The second kappa shape index (κ2) is 9.30. The zero-order chi connectivity index (χ0) is 16.5. The monoisotopic (exact) mass is 297 g/mol. The molecule has 0 saturated carbocycles. The van der Waals surface area contributed by atoms with Gasteiger partial charge in [-0.15, -0.1) is 0 Å². The molecular formula is C21H31N. The fourth-order valence-electron chi connectivity index (χ4n) is 2.86. The number of rotatable bonds is 9. The van der Waals surface area contributed by atoms with E-state index in [1.165, 1.54) is 23.1 Å². The average molecular weight is 297 g/mol. The van der Waals surface area contributed by atoms with E-state index in [0.29, 0.717) is 5.92 Å². The Labute approximate surface area is 136 Å². The summed E-state index contributed by atoms with van der Waals surface area (Å²) in [4.78, 5) is 0. The SMILES string of the molecule is C=C(C)NC(=C)/C=C(/c1cccc(CCC)c1)C(CC)CC. The minimum absolute atomic E-state index is 0.556. The molecule has 0 heterocycles. The van der Waals surface area contributed by atoms with Crippen LogP contribution in [0.3, 0.4) is 0 Å². The number of nitrogens with one attached hydrogen (secondary N) is 1. The maximum atomic E-state index is 4.12. The molecule has 0 saturated heterocycles. The Balaban J connectivity index is 3.19. The molecule has 0 unspecified atom stereocenters. The zero-order valence-corrected chi connectivity index (χ0v) is 14.7. The van der Waals surface area contributed by atoms with Crippen LogP contribution in [0.1, 0.15) is 58.1 Å². The van der Waals surface area contributed by atoms with Gasteiger partial charge in [-0.2, -0.15) is 0 Å². The van der Waals surface area contributed by atoms with Gasteiger partial charge in [-0.25, -0.2) is 0 Å². The molecule has 1 heteroatoms. The van der Waals surface area contributed by atoms with Crippen molar-refractivity contribution in [3.63, 3.8) is 0 Å². The van der Waals surface area contributed by atoms with Gasteiger partial charge in [0, 0.05) is 11.4 Å². The van der Waals surface area contributed by atoms with E-state index < -0.39 is 0 Å². The molecule has 0 aromatic heterocycles. The largest absolute Gasteiger partial charge is 0.360 e. The Morgan fingerprint density at radius 3 is 2.41 bits per heavy atom. The summed E-state index contributed by atoms with van der Waals surface area (Å²) in [6, 6.07) is 8.95. The first kappa shape index (κ1) is 18.3. The van der Waals surface area contributed by atoms with E-state index in [4.69, 9.17) is 0 Å². The lowest BCUT2D eigenvalue weighted by atomic mass is 9.87. The van der Waals surface area contributed by atoms with Crippen LogP contribution in [0.15, 0.2) is 54.9 Å². The van der Waals surface area contributed by atoms with E-state index in [0.717, 1.165) is 30.7 Å². The molecule has 1 aromatic carbocycles. The highest BCUT2D eigenvalue weighted by atomic mass is 14.9. The van der Waals surface area contributed by atoms with Crippen LogP contribution in [0.4, 0.5) is 0 Å². The minimum atomic E-state index is 0.556. The lowest BCUT2D eigenvalue weighted by molar-refractivity contribution is 0.623. The summed E-state index contributed by atoms with van der Waals surface area (Å²) in [5.41, 5.74) is 5.95. The summed E-state index contributed by atoms with van der Waals surface area (Å²) in [7, 11) is 0. The first-order chi connectivity index (χ1) is 10.5. The highest BCUT2D eigenvalue weighted by molar-refractivity contribution is 5.70. The molecule has 0 fully saturated rings. The number of benzene rings is 1. The molecule has 0 amide bonds. The molecule has 22 heavy (non-hydrogen) atoms. The Morgan fingerprint density at radius 2 is 1.86 bits per heavy atom. The second-order valence-corrected chi connectivity index (χ2v) is 5.99. The lowest BCUT2D eigenvalue weighted by Gasteiger charge is -2.19. The van der Waals surface area contributed by atoms with Crippen molar-refractivity contribution in [1.29, 1.82) is 0 Å². The van der Waals surface area contributed by atoms with Gasteiger partial charge >= 0.3 is 0 Å². The smallest absolute Gasteiger partial charge is 0.0311 e. The third-order valence-electron chi connectivity index (χ3n) is 3.93. The predicted molar refractivity (Wildman–Crippen MR) is 99.6 cm³/mol. The molecule has 0 aliphatic carbocycles. The summed E-state index contributed by atoms with van der Waals surface area (Å²) in [6.07, 6.45) is 6.78. The Bertz CT molecular complexity index is 533. The summed E-state index contributed by atoms with van der Waals surface area (Å²) in [6.45, 7) is 16.7. The number of hydrogen-bond donors (Lipinski definition) is 1. The molecule has 0 radical (unpaired) electrons. The molecule has 1 aromatic rings. The van der Waals surface area contributed by atoms with Gasteiger partial charge < -0.3 is 5.32 Å². The van der Waals surface area contributed by atoms with Crippen molar-refractivity contribution in [3.05, 3.63) is 66.0 Å². The standard InChI is InChI=1S/C21H31N/c1-7-11-18-12-10-13-20(15-18)21(19(8-2)9-3)14-17(6)22-16(4)5/h10,12-15,19,22H,4,6-9,11H2,1-3,5H3/b21-14+. The van der Waals surface area contributed by atoms with Crippen LogP contribution in [-0.2, 0) is 6.42 Å². The molecule has 1 N–H and O–H groups in total. The summed E-state index contributed by atoms with van der Waals surface area (Å²) in [5.74, 6) is 0.556. The molecule has 0 spiro atoms. The zero-order valence-electron chi connectivity index (χ0n) is 14.7. The van der Waals surface area contributed by atoms with Crippen LogP contribution in [0.2, 0.25) is 0 Å². The Kier molecular flexibility index (Phi) is 7.73. The first-order valence-corrected chi connectivity index (χ1v) is 8.44. The van der Waals surface area contributed by atoms with Crippen LogP contribution in [-0.4, -0.2) is 0 Å². The minimum Gasteiger partial charge on any atom is -0.360 e. The predicted octanol–water partition coefficient (Wildman–Crippen LogP) is 6.10. The van der Waals surface area contributed by atoms with Gasteiger partial charge in [-0.3, -0.25) is 0 Å². The molecule has 1 rings (SSSR count).